The molecule has 1 saturated heterocycles. The predicted molar refractivity (Wildman–Crippen MR) is 109 cm³/mol. The van der Waals surface area contributed by atoms with Gasteiger partial charge in [-0.2, -0.15) is 0 Å². The predicted octanol–water partition coefficient (Wildman–Crippen LogP) is 3.61. The maximum Gasteiger partial charge on any atom is 0.414 e. The maximum atomic E-state index is 14.8. The lowest BCUT2D eigenvalue weighted by molar-refractivity contribution is -0.167. The van der Waals surface area contributed by atoms with Crippen LogP contribution >= 0.6 is 12.3 Å². The molecule has 1 aliphatic heterocycles. The van der Waals surface area contributed by atoms with Crippen molar-refractivity contribution in [2.45, 2.75) is 19.6 Å². The van der Waals surface area contributed by atoms with E-state index in [0.29, 0.717) is 23.4 Å². The Balaban J connectivity index is 1.65. The summed E-state index contributed by atoms with van der Waals surface area (Å²) < 4.78 is 29.7. The quantitative estimate of drug-likeness (QED) is 0.278. The Kier molecular flexibility index (Phi) is 7.63. The number of nitrogens with zero attached hydrogens (tertiary/aromatic N) is 1. The molecule has 2 amide bonds. The molecule has 2 aromatic rings. The fourth-order valence-corrected chi connectivity index (χ4v) is 3.20. The van der Waals surface area contributed by atoms with Crippen LogP contribution in [0.3, 0.4) is 0 Å². The van der Waals surface area contributed by atoms with Crippen molar-refractivity contribution in [1.82, 2.24) is 5.32 Å². The van der Waals surface area contributed by atoms with Crippen molar-refractivity contribution in [2.24, 2.45) is 0 Å². The van der Waals surface area contributed by atoms with Crippen molar-refractivity contribution >= 4 is 30.0 Å². The van der Waals surface area contributed by atoms with Crippen LogP contribution in [-0.4, -0.2) is 38.3 Å². The average Bonchev–Trinajstić information content (AvgIpc) is 3.11. The summed E-state index contributed by atoms with van der Waals surface area (Å²) in [4.78, 5) is 28.9. The molecule has 8 nitrogen and oxygen atoms in total. The van der Waals surface area contributed by atoms with Crippen LogP contribution in [0, 0.1) is 5.82 Å². The molecule has 1 heterocycles. The first-order valence-electron chi connectivity index (χ1n) is 9.08. The number of anilines is 1. The van der Waals surface area contributed by atoms with Crippen molar-refractivity contribution < 1.29 is 32.1 Å². The Morgan fingerprint density at radius 3 is 2.73 bits per heavy atom. The topological polar surface area (TPSA) is 86.3 Å². The zero-order valence-corrected chi connectivity index (χ0v) is 17.2. The van der Waals surface area contributed by atoms with E-state index in [1.807, 2.05) is 12.1 Å². The standard InChI is InChI=1S/C20H21FN2O6S/c1-13(24)22-10-17-11-23(20(25)28-17)16-7-8-18(19(21)9-16)15-5-3-14(4-6-15)12-27-30-29-26-2/h3-9,17H,10-12H2,1-2H3,(H,22,24). The first kappa shape index (κ1) is 22.0. The van der Waals surface area contributed by atoms with Crippen molar-refractivity contribution in [3.8, 4) is 11.1 Å². The van der Waals surface area contributed by atoms with Crippen molar-refractivity contribution in [3.05, 3.63) is 53.8 Å². The number of carbonyl (C=O) groups is 2. The van der Waals surface area contributed by atoms with Crippen molar-refractivity contribution in [1.29, 1.82) is 0 Å². The molecule has 1 atom stereocenters. The highest BCUT2D eigenvalue weighted by Crippen LogP contribution is 2.29. The second-order valence-electron chi connectivity index (χ2n) is 6.48. The van der Waals surface area contributed by atoms with E-state index in [0.717, 1.165) is 17.9 Å². The molecule has 10 heteroatoms. The number of cyclic esters (lactones) is 1. The first-order valence-corrected chi connectivity index (χ1v) is 9.75. The molecule has 160 valence electrons. The van der Waals surface area contributed by atoms with Gasteiger partial charge in [0.25, 0.3) is 0 Å². The van der Waals surface area contributed by atoms with Gasteiger partial charge in [0, 0.05) is 12.5 Å². The number of ether oxygens (including phenoxy) is 1. The molecule has 3 rings (SSSR count). The number of nitrogens with one attached hydrogen (secondary N) is 1. The molecule has 0 spiro atoms. The average molecular weight is 436 g/mol. The van der Waals surface area contributed by atoms with E-state index in [2.05, 4.69) is 14.5 Å². The number of carbonyl (C=O) groups excluding carboxylic acids is 2. The molecule has 2 aromatic carbocycles. The van der Waals surface area contributed by atoms with Gasteiger partial charge in [-0.05, 0) is 29.3 Å². The molecule has 1 fully saturated rings. The minimum Gasteiger partial charge on any atom is -0.442 e. The third kappa shape index (κ3) is 5.70. The smallest absolute Gasteiger partial charge is 0.414 e. The van der Waals surface area contributed by atoms with Crippen LogP contribution < -0.4 is 10.2 Å². The molecule has 0 radical (unpaired) electrons. The SMILES string of the molecule is COOSOCc1ccc(-c2ccc(N3CC(CNC(C)=O)OC3=O)cc2F)cc1. The Bertz CT molecular complexity index is 895. The van der Waals surface area contributed by atoms with Gasteiger partial charge in [-0.15, -0.1) is 4.33 Å². The highest BCUT2D eigenvalue weighted by molar-refractivity contribution is 7.89. The highest BCUT2D eigenvalue weighted by Gasteiger charge is 2.32. The lowest BCUT2D eigenvalue weighted by Gasteiger charge is -2.14. The first-order chi connectivity index (χ1) is 14.5. The van der Waals surface area contributed by atoms with Crippen LogP contribution in [0.25, 0.3) is 11.1 Å². The van der Waals surface area contributed by atoms with Gasteiger partial charge < -0.3 is 10.1 Å². The molecular weight excluding hydrogens is 415 g/mol. The van der Waals surface area contributed by atoms with E-state index in [-0.39, 0.29) is 19.0 Å². The molecule has 0 saturated carbocycles. The van der Waals surface area contributed by atoms with Gasteiger partial charge in [-0.25, -0.2) is 14.1 Å². The molecule has 1 aliphatic rings. The normalized spacial score (nSPS) is 15.9. The van der Waals surface area contributed by atoms with E-state index in [4.69, 9.17) is 8.92 Å². The van der Waals surface area contributed by atoms with Crippen molar-refractivity contribution in [3.63, 3.8) is 0 Å². The Morgan fingerprint density at radius 1 is 1.30 bits per heavy atom. The number of hydrogen-bond acceptors (Lipinski definition) is 7. The molecule has 30 heavy (non-hydrogen) atoms. The number of hydrogen-bond donors (Lipinski definition) is 1. The monoisotopic (exact) mass is 436 g/mol. The summed E-state index contributed by atoms with van der Waals surface area (Å²) in [6.45, 7) is 2.13. The summed E-state index contributed by atoms with van der Waals surface area (Å²) in [6.07, 6.45) is -1.05. The summed E-state index contributed by atoms with van der Waals surface area (Å²) in [7, 11) is 1.38. The summed E-state index contributed by atoms with van der Waals surface area (Å²) in [5, 5.41) is 2.61. The minimum absolute atomic E-state index is 0.209. The third-order valence-electron chi connectivity index (χ3n) is 4.35. The molecular formula is C20H21FN2O6S. The van der Waals surface area contributed by atoms with Crippen LogP contribution in [-0.2, 0) is 29.5 Å². The zero-order chi connectivity index (χ0) is 21.5. The Hall–Kier alpha value is -2.66. The Morgan fingerprint density at radius 2 is 2.07 bits per heavy atom. The molecule has 0 bridgehead atoms. The second kappa shape index (κ2) is 10.4. The fourth-order valence-electron chi connectivity index (χ4n) is 2.92. The summed E-state index contributed by atoms with van der Waals surface area (Å²) in [5.41, 5.74) is 2.38. The van der Waals surface area contributed by atoms with Crippen LogP contribution in [0.4, 0.5) is 14.9 Å². The number of rotatable bonds is 9. The fraction of sp³-hybridized carbons (Fsp3) is 0.300. The summed E-state index contributed by atoms with van der Waals surface area (Å²) in [6, 6.07) is 11.8. The largest absolute Gasteiger partial charge is 0.442 e. The lowest BCUT2D eigenvalue weighted by atomic mass is 10.0. The number of halogens is 1. The van der Waals surface area contributed by atoms with Crippen molar-refractivity contribution in [2.75, 3.05) is 25.1 Å². The van der Waals surface area contributed by atoms with Gasteiger partial charge in [0.05, 0.1) is 32.5 Å². The van der Waals surface area contributed by atoms with Gasteiger partial charge in [0.1, 0.15) is 11.9 Å². The number of amides is 2. The van der Waals surface area contributed by atoms with Crippen LogP contribution in [0.5, 0.6) is 0 Å². The van der Waals surface area contributed by atoms with Crippen LogP contribution in [0.1, 0.15) is 12.5 Å². The minimum atomic E-state index is -0.572. The van der Waals surface area contributed by atoms with Crippen LogP contribution in [0.15, 0.2) is 42.5 Å². The summed E-state index contributed by atoms with van der Waals surface area (Å²) in [5.74, 6) is -0.668. The van der Waals surface area contributed by atoms with E-state index >= 15 is 0 Å². The van der Waals surface area contributed by atoms with Gasteiger partial charge in [0.15, 0.2) is 12.3 Å². The molecule has 1 N–H and O–H groups in total. The highest BCUT2D eigenvalue weighted by atomic mass is 32.2. The maximum absolute atomic E-state index is 14.8. The Labute approximate surface area is 177 Å². The van der Waals surface area contributed by atoms with Gasteiger partial charge in [0.2, 0.25) is 5.91 Å². The molecule has 0 aliphatic carbocycles. The molecule has 0 aromatic heterocycles. The van der Waals surface area contributed by atoms with Crippen LogP contribution in [0.2, 0.25) is 0 Å². The van der Waals surface area contributed by atoms with E-state index in [1.54, 1.807) is 24.3 Å². The van der Waals surface area contributed by atoms with E-state index in [1.165, 1.54) is 25.0 Å². The lowest BCUT2D eigenvalue weighted by Crippen LogP contribution is -2.33. The molecule has 1 unspecified atom stereocenters. The van der Waals surface area contributed by atoms with Gasteiger partial charge >= 0.3 is 6.09 Å². The van der Waals surface area contributed by atoms with E-state index in [9.17, 15) is 14.0 Å². The third-order valence-corrected chi connectivity index (χ3v) is 4.76. The van der Waals surface area contributed by atoms with Gasteiger partial charge in [-0.3, -0.25) is 13.9 Å². The van der Waals surface area contributed by atoms with E-state index < -0.39 is 18.0 Å². The number of benzene rings is 2. The zero-order valence-electron chi connectivity index (χ0n) is 16.4. The second-order valence-corrected chi connectivity index (χ2v) is 6.99. The van der Waals surface area contributed by atoms with Gasteiger partial charge in [-0.1, -0.05) is 24.3 Å². The summed E-state index contributed by atoms with van der Waals surface area (Å²) >= 11 is 0.724.